The number of benzene rings is 1. The van der Waals surface area contributed by atoms with Gasteiger partial charge in [0.05, 0.1) is 12.2 Å². The molecule has 18 heavy (non-hydrogen) atoms. The molecule has 5 atom stereocenters. The van der Waals surface area contributed by atoms with Gasteiger partial charge in [0.2, 0.25) is 0 Å². The first-order valence-corrected chi connectivity index (χ1v) is 6.90. The highest BCUT2D eigenvalue weighted by atomic mass is 16.5. The quantitative estimate of drug-likeness (QED) is 0.869. The molecule has 2 heteroatoms. The van der Waals surface area contributed by atoms with Gasteiger partial charge in [-0.15, -0.1) is 0 Å². The fraction of sp³-hybridized carbons (Fsp3) is 0.625. The molecule has 2 N–H and O–H groups in total. The van der Waals surface area contributed by atoms with Crippen molar-refractivity contribution in [2.24, 2.45) is 17.6 Å². The first kappa shape index (κ1) is 13.6. The molecule has 0 saturated carbocycles. The number of nitrogens with two attached hydrogens (primary N) is 1. The van der Waals surface area contributed by atoms with E-state index in [9.17, 15) is 0 Å². The normalized spacial score (nSPS) is 33.7. The second-order valence-corrected chi connectivity index (χ2v) is 5.85. The molecule has 0 bridgehead atoms. The van der Waals surface area contributed by atoms with Gasteiger partial charge in [0.15, 0.2) is 0 Å². The minimum Gasteiger partial charge on any atom is -0.375 e. The summed E-state index contributed by atoms with van der Waals surface area (Å²) in [6, 6.07) is 6.62. The number of hydrogen-bond donors (Lipinski definition) is 1. The second kappa shape index (κ2) is 5.02. The lowest BCUT2D eigenvalue weighted by Gasteiger charge is -2.26. The van der Waals surface area contributed by atoms with Gasteiger partial charge in [-0.05, 0) is 50.3 Å². The van der Waals surface area contributed by atoms with Crippen molar-refractivity contribution in [3.8, 4) is 0 Å². The maximum Gasteiger partial charge on any atom is 0.0600 e. The van der Waals surface area contributed by atoms with E-state index < -0.39 is 0 Å². The van der Waals surface area contributed by atoms with Crippen LogP contribution in [0.25, 0.3) is 0 Å². The van der Waals surface area contributed by atoms with Gasteiger partial charge in [0.1, 0.15) is 0 Å². The Hall–Kier alpha value is -0.860. The van der Waals surface area contributed by atoms with Crippen LogP contribution in [0.5, 0.6) is 0 Å². The molecule has 2 nitrogen and oxygen atoms in total. The zero-order valence-electron chi connectivity index (χ0n) is 12.1. The summed E-state index contributed by atoms with van der Waals surface area (Å²) in [6.45, 7) is 10.8. The lowest BCUT2D eigenvalue weighted by atomic mass is 9.80. The van der Waals surface area contributed by atoms with Gasteiger partial charge >= 0.3 is 0 Å². The van der Waals surface area contributed by atoms with Gasteiger partial charge in [0, 0.05) is 12.0 Å². The molecule has 1 aliphatic rings. The molecule has 5 unspecified atom stereocenters. The molecule has 0 aromatic heterocycles. The Bertz CT molecular complexity index is 429. The number of rotatable bonds is 2. The SMILES string of the molecule is Cc1ccc(C(N)C2C(C)OC(C)C2C)cc1C. The smallest absolute Gasteiger partial charge is 0.0600 e. The van der Waals surface area contributed by atoms with Crippen LogP contribution in [0.1, 0.15) is 43.5 Å². The van der Waals surface area contributed by atoms with Crippen LogP contribution in [0.15, 0.2) is 18.2 Å². The largest absolute Gasteiger partial charge is 0.375 e. The maximum absolute atomic E-state index is 6.48. The van der Waals surface area contributed by atoms with Gasteiger partial charge in [-0.2, -0.15) is 0 Å². The fourth-order valence-electron chi connectivity index (χ4n) is 3.11. The molecule has 0 aliphatic carbocycles. The molecule has 1 heterocycles. The highest BCUT2D eigenvalue weighted by Gasteiger charge is 2.40. The zero-order chi connectivity index (χ0) is 13.4. The van der Waals surface area contributed by atoms with E-state index >= 15 is 0 Å². The van der Waals surface area contributed by atoms with Crippen LogP contribution in [0.4, 0.5) is 0 Å². The van der Waals surface area contributed by atoms with Gasteiger partial charge in [-0.3, -0.25) is 0 Å². The van der Waals surface area contributed by atoms with Crippen LogP contribution >= 0.6 is 0 Å². The van der Waals surface area contributed by atoms with E-state index in [2.05, 4.69) is 52.8 Å². The Morgan fingerprint density at radius 3 is 2.22 bits per heavy atom. The van der Waals surface area contributed by atoms with E-state index in [0.717, 1.165) is 0 Å². The van der Waals surface area contributed by atoms with Crippen molar-refractivity contribution in [3.05, 3.63) is 34.9 Å². The molecule has 2 rings (SSSR count). The average Bonchev–Trinajstić information content (AvgIpc) is 2.56. The molecule has 1 aromatic carbocycles. The summed E-state index contributed by atoms with van der Waals surface area (Å²) in [5.41, 5.74) is 10.4. The number of ether oxygens (including phenoxy) is 1. The first-order chi connectivity index (χ1) is 8.41. The molecule has 100 valence electrons. The van der Waals surface area contributed by atoms with E-state index in [1.165, 1.54) is 16.7 Å². The molecule has 1 fully saturated rings. The van der Waals surface area contributed by atoms with Crippen molar-refractivity contribution in [1.29, 1.82) is 0 Å². The summed E-state index contributed by atoms with van der Waals surface area (Å²) in [6.07, 6.45) is 0.550. The second-order valence-electron chi connectivity index (χ2n) is 5.85. The summed E-state index contributed by atoms with van der Waals surface area (Å²) in [5, 5.41) is 0. The summed E-state index contributed by atoms with van der Waals surface area (Å²) in [7, 11) is 0. The number of hydrogen-bond acceptors (Lipinski definition) is 2. The summed E-state index contributed by atoms with van der Waals surface area (Å²) >= 11 is 0. The van der Waals surface area contributed by atoms with Crippen LogP contribution in [-0.2, 0) is 4.74 Å². The van der Waals surface area contributed by atoms with Crippen LogP contribution in [0.2, 0.25) is 0 Å². The Balaban J connectivity index is 2.25. The minimum absolute atomic E-state index is 0.0687. The third-order valence-corrected chi connectivity index (χ3v) is 4.65. The molecule has 0 amide bonds. The van der Waals surface area contributed by atoms with E-state index in [0.29, 0.717) is 17.9 Å². The number of aryl methyl sites for hydroxylation is 2. The van der Waals surface area contributed by atoms with Crippen LogP contribution < -0.4 is 5.73 Å². The standard InChI is InChI=1S/C16H25NO/c1-9-6-7-14(8-10(9)2)16(17)15-11(3)12(4)18-13(15)5/h6-8,11-13,15-16H,17H2,1-5H3. The van der Waals surface area contributed by atoms with Gasteiger partial charge < -0.3 is 10.5 Å². The highest BCUT2D eigenvalue weighted by molar-refractivity contribution is 5.32. The van der Waals surface area contributed by atoms with Crippen LogP contribution in [0.3, 0.4) is 0 Å². The van der Waals surface area contributed by atoms with Crippen molar-refractivity contribution in [2.75, 3.05) is 0 Å². The third kappa shape index (κ3) is 2.32. The first-order valence-electron chi connectivity index (χ1n) is 6.90. The predicted molar refractivity (Wildman–Crippen MR) is 75.5 cm³/mol. The van der Waals surface area contributed by atoms with E-state index in [4.69, 9.17) is 10.5 Å². The van der Waals surface area contributed by atoms with Crippen molar-refractivity contribution in [2.45, 2.75) is 52.9 Å². The molecule has 1 aromatic rings. The van der Waals surface area contributed by atoms with Gasteiger partial charge in [0.25, 0.3) is 0 Å². The molecule has 1 saturated heterocycles. The predicted octanol–water partition coefficient (Wildman–Crippen LogP) is 3.36. The monoisotopic (exact) mass is 247 g/mol. The Morgan fingerprint density at radius 2 is 1.72 bits per heavy atom. The van der Waals surface area contributed by atoms with Crippen molar-refractivity contribution < 1.29 is 4.74 Å². The minimum atomic E-state index is 0.0687. The lowest BCUT2D eigenvalue weighted by Crippen LogP contribution is -2.30. The Morgan fingerprint density at radius 1 is 1.06 bits per heavy atom. The van der Waals surface area contributed by atoms with Crippen molar-refractivity contribution in [1.82, 2.24) is 0 Å². The zero-order valence-corrected chi connectivity index (χ0v) is 12.1. The highest BCUT2D eigenvalue weighted by Crippen LogP contribution is 2.39. The van der Waals surface area contributed by atoms with Crippen molar-refractivity contribution >= 4 is 0 Å². The molecular formula is C16H25NO. The molecular weight excluding hydrogens is 222 g/mol. The van der Waals surface area contributed by atoms with Gasteiger partial charge in [-0.1, -0.05) is 25.1 Å². The average molecular weight is 247 g/mol. The van der Waals surface area contributed by atoms with E-state index in [-0.39, 0.29) is 12.1 Å². The molecule has 1 aliphatic heterocycles. The third-order valence-electron chi connectivity index (χ3n) is 4.65. The van der Waals surface area contributed by atoms with Crippen molar-refractivity contribution in [3.63, 3.8) is 0 Å². The van der Waals surface area contributed by atoms with E-state index in [1.807, 2.05) is 0 Å². The maximum atomic E-state index is 6.48. The van der Waals surface area contributed by atoms with Crippen LogP contribution in [-0.4, -0.2) is 12.2 Å². The molecule has 0 spiro atoms. The summed E-state index contributed by atoms with van der Waals surface area (Å²) in [5.74, 6) is 0.915. The van der Waals surface area contributed by atoms with E-state index in [1.54, 1.807) is 0 Å². The topological polar surface area (TPSA) is 35.2 Å². The fourth-order valence-corrected chi connectivity index (χ4v) is 3.11. The summed E-state index contributed by atoms with van der Waals surface area (Å²) < 4.78 is 5.90. The van der Waals surface area contributed by atoms with Crippen LogP contribution in [0, 0.1) is 25.7 Å². The Kier molecular flexibility index (Phi) is 3.79. The summed E-state index contributed by atoms with van der Waals surface area (Å²) in [4.78, 5) is 0. The lowest BCUT2D eigenvalue weighted by molar-refractivity contribution is 0.0489. The van der Waals surface area contributed by atoms with Gasteiger partial charge in [-0.25, -0.2) is 0 Å². The Labute approximate surface area is 111 Å². The molecule has 0 radical (unpaired) electrons.